The van der Waals surface area contributed by atoms with Crippen LogP contribution in [0.4, 0.5) is 5.82 Å². The summed E-state index contributed by atoms with van der Waals surface area (Å²) < 4.78 is 32.3. The SMILES string of the molecule is CC[C@H]1OC(=O)[C@H](C)C(=O)[C@H](C)[C@@H](O[C@@H]2O[C@H](C)C[C@H](N(C)C)[C@H]2O)[C@@]2(C)C[C@@H](C)C(=NC(C)=O)[C@H](C)[C@@H](OC/C(=N\OCC#Cc3ccc(N)nc3)CO2)[C@]1(C)O. The zero-order valence-electron chi connectivity index (χ0n) is 35.8. The Labute approximate surface area is 342 Å². The van der Waals surface area contributed by atoms with E-state index < -0.39 is 83.2 Å². The van der Waals surface area contributed by atoms with Crippen molar-refractivity contribution in [3.05, 3.63) is 23.9 Å². The van der Waals surface area contributed by atoms with Gasteiger partial charge in [-0.1, -0.05) is 44.7 Å². The lowest BCUT2D eigenvalue weighted by Gasteiger charge is -2.47. The summed E-state index contributed by atoms with van der Waals surface area (Å²) in [5.74, 6) is 0.817. The number of esters is 1. The van der Waals surface area contributed by atoms with Crippen LogP contribution >= 0.6 is 0 Å². The molecule has 3 saturated heterocycles. The topological polar surface area (TPSA) is 214 Å². The van der Waals surface area contributed by atoms with Crippen LogP contribution in [0, 0.1) is 35.5 Å². The number of nitrogens with zero attached hydrogens (tertiary/aromatic N) is 4. The number of aliphatic hydroxyl groups excluding tert-OH is 1. The van der Waals surface area contributed by atoms with Crippen molar-refractivity contribution >= 4 is 34.9 Å². The molecule has 4 rings (SSSR count). The normalized spacial score (nSPS) is 38.2. The van der Waals surface area contributed by atoms with E-state index in [2.05, 4.69) is 27.0 Å². The van der Waals surface area contributed by atoms with Crippen LogP contribution < -0.4 is 5.73 Å². The summed E-state index contributed by atoms with van der Waals surface area (Å²) >= 11 is 0. The van der Waals surface area contributed by atoms with Crippen LogP contribution in [0.3, 0.4) is 0 Å². The summed E-state index contributed by atoms with van der Waals surface area (Å²) in [7, 11) is 3.72. The summed E-state index contributed by atoms with van der Waals surface area (Å²) in [6.07, 6.45) is -3.64. The number of anilines is 1. The number of carbonyl (C=O) groups excluding carboxylic acids is 3. The molecular formula is C42H63N5O11. The Morgan fingerprint density at radius 2 is 1.83 bits per heavy atom. The van der Waals surface area contributed by atoms with Gasteiger partial charge >= 0.3 is 5.97 Å². The number of Topliss-reactive ketones (excluding diaryl/α,β-unsaturated/α-hetero) is 1. The summed E-state index contributed by atoms with van der Waals surface area (Å²) in [6, 6.07) is 3.04. The van der Waals surface area contributed by atoms with Crippen molar-refractivity contribution < 1.29 is 53.1 Å². The number of ether oxygens (including phenoxy) is 5. The molecule has 0 saturated carbocycles. The van der Waals surface area contributed by atoms with Crippen LogP contribution in [-0.2, 0) is 42.9 Å². The summed E-state index contributed by atoms with van der Waals surface area (Å²) in [5, 5.41) is 28.3. The van der Waals surface area contributed by atoms with Crippen molar-refractivity contribution in [3.63, 3.8) is 0 Å². The van der Waals surface area contributed by atoms with Crippen molar-refractivity contribution in [2.45, 2.75) is 136 Å². The van der Waals surface area contributed by atoms with Crippen LogP contribution in [0.1, 0.15) is 87.1 Å². The van der Waals surface area contributed by atoms with Gasteiger partial charge in [0.05, 0.1) is 37.1 Å². The number of hydrogen-bond acceptors (Lipinski definition) is 15. The fraction of sp³-hybridized carbons (Fsp3) is 0.714. The van der Waals surface area contributed by atoms with E-state index in [1.165, 1.54) is 20.8 Å². The molecule has 16 nitrogen and oxygen atoms in total. The van der Waals surface area contributed by atoms with E-state index in [4.69, 9.17) is 34.3 Å². The minimum atomic E-state index is -1.86. The van der Waals surface area contributed by atoms with Gasteiger partial charge in [0.25, 0.3) is 0 Å². The van der Waals surface area contributed by atoms with E-state index in [-0.39, 0.29) is 50.5 Å². The highest BCUT2D eigenvalue weighted by Gasteiger charge is 2.53. The van der Waals surface area contributed by atoms with E-state index in [1.54, 1.807) is 46.0 Å². The second-order valence-electron chi connectivity index (χ2n) is 16.6. The second kappa shape index (κ2) is 20.0. The third-order valence-corrected chi connectivity index (χ3v) is 11.5. The van der Waals surface area contributed by atoms with Crippen molar-refractivity contribution in [1.29, 1.82) is 0 Å². The molecule has 0 radical (unpaired) electrons. The van der Waals surface area contributed by atoms with Crippen molar-refractivity contribution in [2.24, 2.45) is 33.8 Å². The zero-order chi connectivity index (χ0) is 43.1. The van der Waals surface area contributed by atoms with Gasteiger partial charge in [-0.3, -0.25) is 14.4 Å². The summed E-state index contributed by atoms with van der Waals surface area (Å²) in [4.78, 5) is 57.1. The van der Waals surface area contributed by atoms with Gasteiger partial charge in [-0.2, -0.15) is 0 Å². The van der Waals surface area contributed by atoms with E-state index in [1.807, 2.05) is 32.8 Å². The van der Waals surface area contributed by atoms with Gasteiger partial charge in [-0.15, -0.1) is 0 Å². The van der Waals surface area contributed by atoms with Gasteiger partial charge in [0.2, 0.25) is 5.91 Å². The van der Waals surface area contributed by atoms with Gasteiger partial charge < -0.3 is 49.4 Å². The number of aliphatic imine (C=N–C) groups is 1. The highest BCUT2D eigenvalue weighted by molar-refractivity contribution is 6.00. The molecule has 3 aliphatic rings. The molecule has 0 spiro atoms. The third-order valence-electron chi connectivity index (χ3n) is 11.5. The first-order valence-corrected chi connectivity index (χ1v) is 20.0. The molecule has 1 amide bonds. The number of carbonyl (C=O) groups is 3. The van der Waals surface area contributed by atoms with Crippen LogP contribution in [-0.4, -0.2) is 137 Å². The number of aliphatic hydroxyl groups is 2. The maximum atomic E-state index is 14.4. The number of aromatic nitrogens is 1. The average molecular weight is 814 g/mol. The molecule has 0 aliphatic carbocycles. The number of nitrogens with two attached hydrogens (primary N) is 1. The summed E-state index contributed by atoms with van der Waals surface area (Å²) in [6.45, 7) is 14.5. The number of cyclic esters (lactones) is 1. The van der Waals surface area contributed by atoms with Gasteiger partial charge in [0.1, 0.15) is 35.3 Å². The highest BCUT2D eigenvalue weighted by atomic mass is 16.7. The molecule has 322 valence electrons. The molecule has 4 N–H and O–H groups in total. The van der Waals surface area contributed by atoms with E-state index in [9.17, 15) is 24.6 Å². The Balaban J connectivity index is 1.90. The first kappa shape index (κ1) is 46.9. The first-order chi connectivity index (χ1) is 27.2. The maximum absolute atomic E-state index is 14.4. The molecule has 0 aromatic carbocycles. The van der Waals surface area contributed by atoms with E-state index in [0.717, 1.165) is 0 Å². The number of amides is 1. The summed E-state index contributed by atoms with van der Waals surface area (Å²) in [5.41, 5.74) is 3.71. The quantitative estimate of drug-likeness (QED) is 0.124. The highest BCUT2D eigenvalue weighted by Crippen LogP contribution is 2.40. The van der Waals surface area contributed by atoms with E-state index in [0.29, 0.717) is 23.5 Å². The molecule has 1 aromatic heterocycles. The molecule has 1 aromatic rings. The zero-order valence-corrected chi connectivity index (χ0v) is 35.8. The second-order valence-corrected chi connectivity index (χ2v) is 16.6. The molecular weight excluding hydrogens is 750 g/mol. The number of oxime groups is 1. The van der Waals surface area contributed by atoms with Crippen LogP contribution in [0.15, 0.2) is 28.5 Å². The molecule has 3 fully saturated rings. The minimum absolute atomic E-state index is 0.111. The Bertz CT molecular complexity index is 1720. The first-order valence-electron chi connectivity index (χ1n) is 20.0. The predicted molar refractivity (Wildman–Crippen MR) is 216 cm³/mol. The molecule has 16 heteroatoms. The molecule has 3 aliphatic heterocycles. The van der Waals surface area contributed by atoms with Gasteiger partial charge in [0, 0.05) is 42.3 Å². The Morgan fingerprint density at radius 3 is 2.45 bits per heavy atom. The van der Waals surface area contributed by atoms with Crippen LogP contribution in [0.5, 0.6) is 0 Å². The molecule has 4 heterocycles. The number of ketones is 1. The Morgan fingerprint density at radius 1 is 1.12 bits per heavy atom. The van der Waals surface area contributed by atoms with Crippen LogP contribution in [0.2, 0.25) is 0 Å². The van der Waals surface area contributed by atoms with Crippen molar-refractivity contribution in [1.82, 2.24) is 9.88 Å². The lowest BCUT2D eigenvalue weighted by molar-refractivity contribution is -0.296. The number of fused-ring (bicyclic) bond motifs is 5. The van der Waals surface area contributed by atoms with Gasteiger partial charge in [0.15, 0.2) is 18.7 Å². The molecule has 0 unspecified atom stereocenters. The number of hydrogen-bond donors (Lipinski definition) is 3. The largest absolute Gasteiger partial charge is 0.459 e. The van der Waals surface area contributed by atoms with Gasteiger partial charge in [-0.25, -0.2) is 9.98 Å². The minimum Gasteiger partial charge on any atom is -0.459 e. The lowest BCUT2D eigenvalue weighted by Crippen LogP contribution is -2.60. The smallest absolute Gasteiger partial charge is 0.316 e. The monoisotopic (exact) mass is 813 g/mol. The fourth-order valence-electron chi connectivity index (χ4n) is 8.38. The lowest BCUT2D eigenvalue weighted by atomic mass is 9.73. The molecule has 13 atom stereocenters. The third kappa shape index (κ3) is 11.3. The predicted octanol–water partition coefficient (Wildman–Crippen LogP) is 2.95. The van der Waals surface area contributed by atoms with Crippen molar-refractivity contribution in [3.8, 4) is 11.8 Å². The fourth-order valence-corrected chi connectivity index (χ4v) is 8.38. The van der Waals surface area contributed by atoms with Gasteiger partial charge in [-0.05, 0) is 79.1 Å². The van der Waals surface area contributed by atoms with Crippen LogP contribution in [0.25, 0.3) is 0 Å². The number of nitrogen functional groups attached to an aromatic ring is 1. The van der Waals surface area contributed by atoms with E-state index >= 15 is 0 Å². The standard InChI is InChI=1S/C42H63N5O11/c1-12-32-42(9,52)38-25(4)34(45-28(7)48)23(2)19-41(8,54-22-30(21-53-38)46-55-17-13-14-29-15-16-33(43)44-20-29)37(26(5)35(49)27(6)39(51)57-32)58-40-36(50)31(47(10)11)18-24(3)56-40/h15-16,20,23-27,31-32,36-38,40,50,52H,12,17-19,21-22H2,1-11H3,(H2,43,44)/b45-34?,46-30+/t23-,24-,25+,26+,27-,31+,32-,36-,37-,38-,40+,41-,42-/m1/s1. The Hall–Kier alpha value is -3.82. The number of likely N-dealkylation sites (N-methyl/N-ethyl adjacent to an activating group) is 1. The molecule has 58 heavy (non-hydrogen) atoms. The average Bonchev–Trinajstić information content (AvgIpc) is 3.17. The van der Waals surface area contributed by atoms with Crippen molar-refractivity contribution in [2.75, 3.05) is 39.6 Å². The number of rotatable bonds is 6. The number of pyridine rings is 1. The maximum Gasteiger partial charge on any atom is 0.316 e. The molecule has 2 bridgehead atoms. The Kier molecular flexibility index (Phi) is 16.1.